The Balaban J connectivity index is 2.25. The van der Waals surface area contributed by atoms with E-state index < -0.39 is 5.82 Å². The van der Waals surface area contributed by atoms with Gasteiger partial charge in [0.15, 0.2) is 5.78 Å². The second-order valence-electron chi connectivity index (χ2n) is 3.97. The van der Waals surface area contributed by atoms with Crippen LogP contribution in [0.5, 0.6) is 0 Å². The van der Waals surface area contributed by atoms with Crippen LogP contribution in [0.3, 0.4) is 0 Å². The number of ketones is 1. The van der Waals surface area contributed by atoms with E-state index in [0.717, 1.165) is 8.95 Å². The lowest BCUT2D eigenvalue weighted by Gasteiger charge is -2.05. The van der Waals surface area contributed by atoms with Crippen LogP contribution in [0.1, 0.15) is 15.9 Å². The normalized spacial score (nSPS) is 10.5. The summed E-state index contributed by atoms with van der Waals surface area (Å²) in [6.45, 7) is 0. The van der Waals surface area contributed by atoms with Crippen molar-refractivity contribution in [2.24, 2.45) is 0 Å². The molecule has 0 aromatic heterocycles. The van der Waals surface area contributed by atoms with Gasteiger partial charge in [-0.15, -0.1) is 0 Å². The maximum absolute atomic E-state index is 13.0. The van der Waals surface area contributed by atoms with Crippen molar-refractivity contribution in [3.63, 3.8) is 0 Å². The lowest BCUT2D eigenvalue weighted by Crippen LogP contribution is -2.04. The predicted octanol–water partition coefficient (Wildman–Crippen LogP) is 5.43. The van der Waals surface area contributed by atoms with Crippen LogP contribution in [0, 0.1) is 5.82 Å². The minimum absolute atomic E-state index is 0.0265. The van der Waals surface area contributed by atoms with Gasteiger partial charge in [0.2, 0.25) is 0 Å². The molecule has 0 heterocycles. The highest BCUT2D eigenvalue weighted by molar-refractivity contribution is 9.11. The molecule has 0 amide bonds. The molecule has 0 N–H and O–H groups in total. The summed E-state index contributed by atoms with van der Waals surface area (Å²) in [5, 5.41) is 0.0265. The highest BCUT2D eigenvalue weighted by Crippen LogP contribution is 2.24. The largest absolute Gasteiger partial charge is 0.294 e. The predicted molar refractivity (Wildman–Crippen MR) is 81.3 cm³/mol. The average Bonchev–Trinajstić information content (AvgIpc) is 2.36. The van der Waals surface area contributed by atoms with Gasteiger partial charge in [-0.1, -0.05) is 49.5 Å². The van der Waals surface area contributed by atoms with Crippen molar-refractivity contribution in [2.45, 2.75) is 6.42 Å². The van der Waals surface area contributed by atoms with Gasteiger partial charge in [-0.3, -0.25) is 4.79 Å². The Morgan fingerprint density at radius 1 is 1.16 bits per heavy atom. The Labute approximate surface area is 132 Å². The molecule has 0 radical (unpaired) electrons. The Morgan fingerprint density at radius 2 is 1.89 bits per heavy atom. The van der Waals surface area contributed by atoms with E-state index in [1.54, 1.807) is 18.2 Å². The van der Waals surface area contributed by atoms with Gasteiger partial charge in [0.25, 0.3) is 0 Å². The molecule has 1 nitrogen and oxygen atoms in total. The quantitative estimate of drug-likeness (QED) is 0.621. The number of Topliss-reactive ketones (excluding diaryl/α,β-unsaturated/α-hetero) is 1. The highest BCUT2D eigenvalue weighted by Gasteiger charge is 2.12. The first-order valence-electron chi connectivity index (χ1n) is 5.39. The molecule has 0 aliphatic carbocycles. The number of rotatable bonds is 3. The van der Waals surface area contributed by atoms with Gasteiger partial charge in [0.05, 0.1) is 5.02 Å². The van der Waals surface area contributed by atoms with Crippen LogP contribution in [-0.2, 0) is 6.42 Å². The maximum atomic E-state index is 13.0. The van der Waals surface area contributed by atoms with Gasteiger partial charge < -0.3 is 0 Å². The van der Waals surface area contributed by atoms with Gasteiger partial charge in [-0.25, -0.2) is 4.39 Å². The first-order chi connectivity index (χ1) is 8.97. The Morgan fingerprint density at radius 3 is 2.58 bits per heavy atom. The number of benzene rings is 2. The van der Waals surface area contributed by atoms with Crippen molar-refractivity contribution in [1.29, 1.82) is 0 Å². The van der Waals surface area contributed by atoms with Gasteiger partial charge in [0, 0.05) is 20.9 Å². The minimum atomic E-state index is -0.485. The fourth-order valence-electron chi connectivity index (χ4n) is 1.64. The summed E-state index contributed by atoms with van der Waals surface area (Å²) in [5.74, 6) is -0.544. The standard InChI is InChI=1S/C14H8Br2ClFO/c15-9-2-3-11(16)10(7-9)14(19)6-8-1-4-13(18)12(17)5-8/h1-5,7H,6H2. The molecule has 0 aliphatic rings. The molecular weight excluding hydrogens is 398 g/mol. The van der Waals surface area contributed by atoms with Crippen LogP contribution in [-0.4, -0.2) is 5.78 Å². The van der Waals surface area contributed by atoms with Crippen molar-refractivity contribution >= 4 is 49.2 Å². The van der Waals surface area contributed by atoms with E-state index in [2.05, 4.69) is 31.9 Å². The molecule has 0 atom stereocenters. The molecule has 0 saturated carbocycles. The number of hydrogen-bond acceptors (Lipinski definition) is 1. The highest BCUT2D eigenvalue weighted by atomic mass is 79.9. The summed E-state index contributed by atoms with van der Waals surface area (Å²) in [4.78, 5) is 12.2. The van der Waals surface area contributed by atoms with Gasteiger partial charge in [0.1, 0.15) is 5.82 Å². The summed E-state index contributed by atoms with van der Waals surface area (Å²) >= 11 is 12.4. The minimum Gasteiger partial charge on any atom is -0.294 e. The summed E-state index contributed by atoms with van der Waals surface area (Å²) < 4.78 is 14.6. The molecular formula is C14H8Br2ClFO. The van der Waals surface area contributed by atoms with Crippen molar-refractivity contribution in [2.75, 3.05) is 0 Å². The second-order valence-corrected chi connectivity index (χ2v) is 6.15. The van der Waals surface area contributed by atoms with Crippen LogP contribution in [0.4, 0.5) is 4.39 Å². The SMILES string of the molecule is O=C(Cc1ccc(F)c(Cl)c1)c1cc(Br)ccc1Br. The van der Waals surface area contributed by atoms with E-state index in [-0.39, 0.29) is 17.2 Å². The van der Waals surface area contributed by atoms with E-state index in [1.165, 1.54) is 12.1 Å². The summed E-state index contributed by atoms with van der Waals surface area (Å²) in [6, 6.07) is 9.69. The fourth-order valence-corrected chi connectivity index (χ4v) is 2.67. The monoisotopic (exact) mass is 404 g/mol. The molecule has 0 aliphatic heterocycles. The van der Waals surface area contributed by atoms with E-state index in [4.69, 9.17) is 11.6 Å². The smallest absolute Gasteiger partial charge is 0.168 e. The van der Waals surface area contributed by atoms with Crippen molar-refractivity contribution in [3.05, 3.63) is 67.3 Å². The molecule has 2 aromatic rings. The van der Waals surface area contributed by atoms with Gasteiger partial charge >= 0.3 is 0 Å². The van der Waals surface area contributed by atoms with E-state index in [9.17, 15) is 9.18 Å². The van der Waals surface area contributed by atoms with Crippen molar-refractivity contribution in [3.8, 4) is 0 Å². The molecule has 0 saturated heterocycles. The zero-order valence-corrected chi connectivity index (χ0v) is 13.5. The number of halogens is 4. The Kier molecular flexibility index (Phi) is 4.76. The molecule has 0 spiro atoms. The third-order valence-corrected chi connectivity index (χ3v) is 4.05. The van der Waals surface area contributed by atoms with Crippen molar-refractivity contribution in [1.82, 2.24) is 0 Å². The third-order valence-electron chi connectivity index (χ3n) is 2.58. The number of carbonyl (C=O) groups is 1. The van der Waals surface area contributed by atoms with Gasteiger partial charge in [-0.2, -0.15) is 0 Å². The van der Waals surface area contributed by atoms with Crippen LogP contribution in [0.25, 0.3) is 0 Å². The van der Waals surface area contributed by atoms with E-state index in [0.29, 0.717) is 11.1 Å². The third kappa shape index (κ3) is 3.65. The number of hydrogen-bond donors (Lipinski definition) is 0. The zero-order chi connectivity index (χ0) is 14.0. The molecule has 5 heteroatoms. The summed E-state index contributed by atoms with van der Waals surface area (Å²) in [5.41, 5.74) is 1.26. The van der Waals surface area contributed by atoms with Crippen molar-refractivity contribution < 1.29 is 9.18 Å². The summed E-state index contributed by atoms with van der Waals surface area (Å²) in [6.07, 6.45) is 0.176. The average molecular weight is 406 g/mol. The molecule has 2 rings (SSSR count). The Bertz CT molecular complexity index is 643. The molecule has 0 unspecified atom stereocenters. The van der Waals surface area contributed by atoms with E-state index in [1.807, 2.05) is 6.07 Å². The lowest BCUT2D eigenvalue weighted by atomic mass is 10.0. The van der Waals surface area contributed by atoms with Crippen LogP contribution in [0.2, 0.25) is 5.02 Å². The maximum Gasteiger partial charge on any atom is 0.168 e. The van der Waals surface area contributed by atoms with Gasteiger partial charge in [-0.05, 0) is 35.9 Å². The topological polar surface area (TPSA) is 17.1 Å². The first-order valence-corrected chi connectivity index (χ1v) is 7.36. The summed E-state index contributed by atoms with van der Waals surface area (Å²) in [7, 11) is 0. The van der Waals surface area contributed by atoms with Crippen LogP contribution < -0.4 is 0 Å². The van der Waals surface area contributed by atoms with E-state index >= 15 is 0 Å². The van der Waals surface area contributed by atoms with Crippen LogP contribution >= 0.6 is 43.5 Å². The molecule has 98 valence electrons. The second kappa shape index (κ2) is 6.16. The molecule has 19 heavy (non-hydrogen) atoms. The lowest BCUT2D eigenvalue weighted by molar-refractivity contribution is 0.0992. The van der Waals surface area contributed by atoms with Crippen LogP contribution in [0.15, 0.2) is 45.3 Å². The number of carbonyl (C=O) groups excluding carboxylic acids is 1. The molecule has 0 bridgehead atoms. The molecule has 2 aromatic carbocycles. The first kappa shape index (κ1) is 14.7. The Hall–Kier alpha value is -0.710. The zero-order valence-electron chi connectivity index (χ0n) is 9.59. The fraction of sp³-hybridized carbons (Fsp3) is 0.0714. The molecule has 0 fully saturated rings.